The summed E-state index contributed by atoms with van der Waals surface area (Å²) in [6.45, 7) is 3.33. The van der Waals surface area contributed by atoms with Crippen LogP contribution in [0.4, 0.5) is 10.5 Å². The van der Waals surface area contributed by atoms with Crippen molar-refractivity contribution in [3.05, 3.63) is 178 Å². The zero-order chi connectivity index (χ0) is 55.8. The number of carbonyl (C=O) groups excluding carboxylic acids is 5. The number of anilines is 1. The highest BCUT2D eigenvalue weighted by Crippen LogP contribution is 2.67. The first-order valence-electron chi connectivity index (χ1n) is 26.5. The number of morpholine rings is 1. The number of rotatable bonds is 13. The summed E-state index contributed by atoms with van der Waals surface area (Å²) < 4.78 is 31.4. The SMILES string of the molecule is COC(=O)[C@@H](NC(=O)N1C(=O)[C@@]2(c3cc(C#CCn4nnc5ccccc54)ccc31)[C@H](c1ccccc1OCCO)N1[C@H](c3ccccc3)[C@H](c3ccccc3)OC(=O)[C@H]1[C@@H]2C(=O)N1CCc2cc(OC)c(OC)cc2C1)C(C)C. The summed E-state index contributed by atoms with van der Waals surface area (Å²) in [5.74, 6) is 2.68. The Bertz CT molecular complexity index is 3600. The fourth-order valence-corrected chi connectivity index (χ4v) is 12.3. The van der Waals surface area contributed by atoms with Crippen LogP contribution in [-0.4, -0.2) is 113 Å². The van der Waals surface area contributed by atoms with E-state index in [2.05, 4.69) is 27.5 Å². The van der Waals surface area contributed by atoms with Gasteiger partial charge in [0.2, 0.25) is 11.8 Å². The van der Waals surface area contributed by atoms with Crippen LogP contribution in [0.5, 0.6) is 17.2 Å². The van der Waals surface area contributed by atoms with Crippen molar-refractivity contribution in [2.75, 3.05) is 46.0 Å². The number of esters is 2. The Balaban J connectivity index is 1.20. The lowest BCUT2D eigenvalue weighted by Crippen LogP contribution is -2.58. The number of imide groups is 1. The number of nitrogens with zero attached hydrogens (tertiary/aromatic N) is 6. The van der Waals surface area contributed by atoms with E-state index in [1.165, 1.54) is 14.2 Å². The number of fused-ring (bicyclic) bond motifs is 5. The van der Waals surface area contributed by atoms with Crippen molar-refractivity contribution in [2.45, 2.75) is 69.0 Å². The second kappa shape index (κ2) is 22.0. The molecule has 2 saturated heterocycles. The molecule has 1 aromatic heterocycles. The highest BCUT2D eigenvalue weighted by molar-refractivity contribution is 6.25. The lowest BCUT2D eigenvalue weighted by atomic mass is 9.64. The largest absolute Gasteiger partial charge is 0.493 e. The maximum Gasteiger partial charge on any atom is 0.329 e. The lowest BCUT2D eigenvalue weighted by molar-refractivity contribution is -0.179. The maximum absolute atomic E-state index is 17.2. The van der Waals surface area contributed by atoms with E-state index >= 15 is 19.2 Å². The van der Waals surface area contributed by atoms with Gasteiger partial charge in [-0.15, -0.1) is 5.10 Å². The van der Waals surface area contributed by atoms with Crippen LogP contribution >= 0.6 is 0 Å². The second-order valence-corrected chi connectivity index (χ2v) is 20.5. The molecule has 0 bridgehead atoms. The molecule has 80 heavy (non-hydrogen) atoms. The first-order valence-corrected chi connectivity index (χ1v) is 26.5. The summed E-state index contributed by atoms with van der Waals surface area (Å²) in [7, 11) is 4.30. The summed E-state index contributed by atoms with van der Waals surface area (Å²) in [5, 5.41) is 21.7. The third-order valence-electron chi connectivity index (χ3n) is 15.8. The summed E-state index contributed by atoms with van der Waals surface area (Å²) in [4.78, 5) is 83.3. The zero-order valence-corrected chi connectivity index (χ0v) is 44.8. The van der Waals surface area contributed by atoms with Gasteiger partial charge in [-0.05, 0) is 88.7 Å². The van der Waals surface area contributed by atoms with Crippen molar-refractivity contribution in [3.8, 4) is 29.1 Å². The van der Waals surface area contributed by atoms with Gasteiger partial charge in [-0.2, -0.15) is 0 Å². The van der Waals surface area contributed by atoms with Crippen LogP contribution in [0.2, 0.25) is 0 Å². The number of aromatic nitrogens is 3. The van der Waals surface area contributed by atoms with E-state index in [-0.39, 0.29) is 49.8 Å². The van der Waals surface area contributed by atoms with Crippen molar-refractivity contribution in [1.29, 1.82) is 0 Å². The Morgan fingerprint density at radius 1 is 0.812 bits per heavy atom. The first-order chi connectivity index (χ1) is 38.9. The minimum atomic E-state index is -2.21. The van der Waals surface area contributed by atoms with Gasteiger partial charge in [-0.25, -0.2) is 19.2 Å². The van der Waals surface area contributed by atoms with E-state index in [0.717, 1.165) is 21.5 Å². The molecule has 18 heteroatoms. The number of aliphatic hydroxyl groups is 1. The molecule has 408 valence electrons. The van der Waals surface area contributed by atoms with Gasteiger partial charge in [0, 0.05) is 24.2 Å². The molecule has 0 aliphatic carbocycles. The molecule has 4 aliphatic heterocycles. The Hall–Kier alpha value is -9.05. The number of methoxy groups -OCH3 is 3. The molecule has 4 amide bonds. The number of benzene rings is 6. The van der Waals surface area contributed by atoms with Crippen LogP contribution in [-0.2, 0) is 53.6 Å². The number of aliphatic hydroxyl groups excluding tert-OH is 1. The fraction of sp³-hybridized carbons (Fsp3) is 0.306. The summed E-state index contributed by atoms with van der Waals surface area (Å²) >= 11 is 0. The predicted molar refractivity (Wildman–Crippen MR) is 293 cm³/mol. The van der Waals surface area contributed by atoms with Gasteiger partial charge in [-0.1, -0.05) is 122 Å². The summed E-state index contributed by atoms with van der Waals surface area (Å²) in [5.41, 5.74) is 3.40. The number of hydrogen-bond acceptors (Lipinski definition) is 14. The number of ether oxygens (including phenoxy) is 5. The third-order valence-corrected chi connectivity index (χ3v) is 15.8. The highest BCUT2D eigenvalue weighted by Gasteiger charge is 2.76. The number of cyclic esters (lactones) is 1. The second-order valence-electron chi connectivity index (χ2n) is 20.5. The minimum Gasteiger partial charge on any atom is -0.493 e. The van der Waals surface area contributed by atoms with Crippen LogP contribution in [0.15, 0.2) is 140 Å². The quantitative estimate of drug-likeness (QED) is 0.0880. The third kappa shape index (κ3) is 9.01. The molecule has 18 nitrogen and oxygen atoms in total. The number of urea groups is 1. The van der Waals surface area contributed by atoms with E-state index in [9.17, 15) is 9.90 Å². The number of nitrogens with one attached hydrogen (secondary N) is 1. The topological polar surface area (TPSA) is 204 Å². The van der Waals surface area contributed by atoms with Crippen molar-refractivity contribution < 1.29 is 52.8 Å². The molecule has 6 aromatic carbocycles. The monoisotopic (exact) mass is 1080 g/mol. The van der Waals surface area contributed by atoms with Gasteiger partial charge in [0.25, 0.3) is 0 Å². The molecule has 0 radical (unpaired) electrons. The van der Waals surface area contributed by atoms with Crippen LogP contribution in [0, 0.1) is 23.7 Å². The molecule has 11 rings (SSSR count). The molecule has 7 aromatic rings. The van der Waals surface area contributed by atoms with Gasteiger partial charge in [0.1, 0.15) is 48.0 Å². The van der Waals surface area contributed by atoms with Gasteiger partial charge < -0.3 is 39.0 Å². The zero-order valence-electron chi connectivity index (χ0n) is 44.8. The van der Waals surface area contributed by atoms with E-state index in [1.54, 1.807) is 73.0 Å². The molecule has 2 fully saturated rings. The van der Waals surface area contributed by atoms with Crippen molar-refractivity contribution in [1.82, 2.24) is 30.1 Å². The molecule has 1 spiro atoms. The van der Waals surface area contributed by atoms with Gasteiger partial charge in [0.05, 0.1) is 57.1 Å². The molecule has 7 atom stereocenters. The number of amides is 4. The Morgan fingerprint density at radius 2 is 1.50 bits per heavy atom. The molecule has 0 unspecified atom stereocenters. The smallest absolute Gasteiger partial charge is 0.329 e. The predicted octanol–water partition coefficient (Wildman–Crippen LogP) is 7.03. The summed E-state index contributed by atoms with van der Waals surface area (Å²) in [6.07, 6.45) is -0.619. The maximum atomic E-state index is 17.2. The van der Waals surface area contributed by atoms with E-state index in [0.29, 0.717) is 45.7 Å². The Kier molecular flexibility index (Phi) is 14.6. The number of para-hydroxylation sites is 2. The summed E-state index contributed by atoms with van der Waals surface area (Å²) in [6, 6.07) is 36.1. The van der Waals surface area contributed by atoms with Crippen molar-refractivity contribution in [2.24, 2.45) is 11.8 Å². The average molecular weight is 1080 g/mol. The fourth-order valence-electron chi connectivity index (χ4n) is 12.3. The van der Waals surface area contributed by atoms with Crippen molar-refractivity contribution >= 4 is 46.5 Å². The molecular weight excluding hydrogens is 1020 g/mol. The Labute approximate surface area is 462 Å². The molecule has 5 heterocycles. The minimum absolute atomic E-state index is 0.0570. The van der Waals surface area contributed by atoms with Crippen LogP contribution in [0.3, 0.4) is 0 Å². The molecule has 2 N–H and O–H groups in total. The van der Waals surface area contributed by atoms with E-state index in [4.69, 9.17) is 23.7 Å². The Morgan fingerprint density at radius 3 is 2.21 bits per heavy atom. The molecular formula is C62H59N7O11. The van der Waals surface area contributed by atoms with Crippen LogP contribution in [0.25, 0.3) is 11.0 Å². The van der Waals surface area contributed by atoms with Crippen LogP contribution < -0.4 is 24.4 Å². The molecule has 0 saturated carbocycles. The van der Waals surface area contributed by atoms with Gasteiger partial charge >= 0.3 is 18.0 Å². The average Bonchev–Trinajstić information content (AvgIpc) is 4.28. The van der Waals surface area contributed by atoms with E-state index in [1.807, 2.05) is 102 Å². The first kappa shape index (κ1) is 53.0. The normalized spacial score (nSPS) is 21.5. The lowest BCUT2D eigenvalue weighted by Gasteiger charge is -2.46. The van der Waals surface area contributed by atoms with E-state index < -0.39 is 77.3 Å². The van der Waals surface area contributed by atoms with Crippen molar-refractivity contribution in [3.63, 3.8) is 0 Å². The standard InChI is InChI=1S/C62H59N7O11/c1-37(2)52(58(72)78-5)63-61(75)68-46-27-26-38(17-16-29-67-47-24-14-13-23-45(47)64-65-67)33-44(46)62(60(68)74)51(57(71)66-30-28-41-34-49(76-3)50(77-4)35-42(41)36-66)54-59(73)80-55(40-20-10-7-11-21-40)53(39-18-8-6-9-19-39)69(54)56(62)43-22-12-15-25-48(43)79-32-31-70/h6-15,18-27,33-35,37,51-56,70H,28-32,36H2,1-5H3,(H,63,75)/t51-,52+,53-,54-,55+,56+,62-/m1/s1. The number of hydrogen-bond donors (Lipinski definition) is 2. The molecule has 4 aliphatic rings. The van der Waals surface area contributed by atoms with Crippen LogP contribution in [0.1, 0.15) is 71.0 Å². The van der Waals surface area contributed by atoms with Gasteiger partial charge in [0.15, 0.2) is 11.5 Å². The van der Waals surface area contributed by atoms with Gasteiger partial charge in [-0.3, -0.25) is 19.3 Å². The number of carbonyl (C=O) groups is 5. The highest BCUT2D eigenvalue weighted by atomic mass is 16.6.